The summed E-state index contributed by atoms with van der Waals surface area (Å²) in [6.45, 7) is 0.721. The highest BCUT2D eigenvalue weighted by Crippen LogP contribution is 2.30. The number of hydrogen-bond donors (Lipinski definition) is 2. The third-order valence-corrected chi connectivity index (χ3v) is 6.30. The molecule has 36 heavy (non-hydrogen) atoms. The van der Waals surface area contributed by atoms with Crippen molar-refractivity contribution in [3.05, 3.63) is 107 Å². The maximum Gasteiger partial charge on any atom is 0.138 e. The first-order valence-corrected chi connectivity index (χ1v) is 12.2. The summed E-state index contributed by atoms with van der Waals surface area (Å²) in [5, 5.41) is 5.44. The van der Waals surface area contributed by atoms with E-state index in [9.17, 15) is 0 Å². The Morgan fingerprint density at radius 3 is 2.47 bits per heavy atom. The molecule has 0 amide bonds. The van der Waals surface area contributed by atoms with Gasteiger partial charge in [0.05, 0.1) is 5.56 Å². The minimum Gasteiger partial charge on any atom is -0.378 e. The van der Waals surface area contributed by atoms with Gasteiger partial charge in [0.15, 0.2) is 0 Å². The fourth-order valence-corrected chi connectivity index (χ4v) is 4.26. The van der Waals surface area contributed by atoms with Crippen LogP contribution in [0.4, 0.5) is 11.5 Å². The first-order valence-electron chi connectivity index (χ1n) is 11.8. The summed E-state index contributed by atoms with van der Waals surface area (Å²) in [4.78, 5) is 14.5. The van der Waals surface area contributed by atoms with Gasteiger partial charge in [0, 0.05) is 54.0 Å². The number of aromatic amines is 1. The molecule has 3 aromatic carbocycles. The summed E-state index contributed by atoms with van der Waals surface area (Å²) < 4.78 is 0. The molecule has 178 valence electrons. The summed E-state index contributed by atoms with van der Waals surface area (Å²) in [6, 6.07) is 24.2. The number of hydrogen-bond acceptors (Lipinski definition) is 4. The van der Waals surface area contributed by atoms with Gasteiger partial charge in [0.2, 0.25) is 0 Å². The van der Waals surface area contributed by atoms with Gasteiger partial charge in [-0.05, 0) is 65.9 Å². The Morgan fingerprint density at radius 1 is 0.917 bits per heavy atom. The number of halogens is 1. The number of fused-ring (bicyclic) bond motifs is 1. The molecule has 2 aromatic heterocycles. The van der Waals surface area contributed by atoms with Crippen molar-refractivity contribution in [2.24, 2.45) is 0 Å². The van der Waals surface area contributed by atoms with Crippen LogP contribution in [0.1, 0.15) is 16.8 Å². The average Bonchev–Trinajstić information content (AvgIpc) is 3.31. The van der Waals surface area contributed by atoms with Crippen molar-refractivity contribution in [3.8, 4) is 23.0 Å². The highest BCUT2D eigenvalue weighted by atomic mass is 35.5. The Hall–Kier alpha value is -4.27. The van der Waals surface area contributed by atoms with E-state index < -0.39 is 0 Å². The zero-order valence-corrected chi connectivity index (χ0v) is 21.0. The molecule has 0 unspecified atom stereocenters. The average molecular weight is 492 g/mol. The summed E-state index contributed by atoms with van der Waals surface area (Å²) in [7, 11) is 4.04. The number of nitrogens with one attached hydrogen (secondary N) is 2. The summed E-state index contributed by atoms with van der Waals surface area (Å²) in [5.41, 5.74) is 6.96. The van der Waals surface area contributed by atoms with Gasteiger partial charge in [-0.1, -0.05) is 47.9 Å². The van der Waals surface area contributed by atoms with E-state index in [1.807, 2.05) is 56.6 Å². The number of anilines is 2. The van der Waals surface area contributed by atoms with Gasteiger partial charge in [-0.2, -0.15) is 0 Å². The van der Waals surface area contributed by atoms with E-state index in [-0.39, 0.29) is 0 Å². The lowest BCUT2D eigenvalue weighted by atomic mass is 10.0. The van der Waals surface area contributed by atoms with E-state index >= 15 is 0 Å². The lowest BCUT2D eigenvalue weighted by Crippen LogP contribution is -2.09. The van der Waals surface area contributed by atoms with Crippen molar-refractivity contribution in [2.75, 3.05) is 30.9 Å². The van der Waals surface area contributed by atoms with Gasteiger partial charge in [-0.15, -0.1) is 0 Å². The molecule has 2 heterocycles. The number of H-pyrrole nitrogens is 1. The molecule has 0 aliphatic carbocycles. The van der Waals surface area contributed by atoms with E-state index in [1.54, 1.807) is 6.33 Å². The minimum atomic E-state index is 0.665. The molecule has 5 rings (SSSR count). The Balaban J connectivity index is 1.44. The maximum absolute atomic E-state index is 6.16. The van der Waals surface area contributed by atoms with Crippen LogP contribution in [0.15, 0.2) is 85.3 Å². The largest absolute Gasteiger partial charge is 0.378 e. The predicted molar refractivity (Wildman–Crippen MR) is 150 cm³/mol. The smallest absolute Gasteiger partial charge is 0.138 e. The van der Waals surface area contributed by atoms with Crippen LogP contribution in [-0.4, -0.2) is 35.6 Å². The van der Waals surface area contributed by atoms with Crippen molar-refractivity contribution in [1.29, 1.82) is 0 Å². The molecule has 0 bridgehead atoms. The lowest BCUT2D eigenvalue weighted by Gasteiger charge is -2.13. The van der Waals surface area contributed by atoms with E-state index in [1.165, 1.54) is 10.9 Å². The zero-order valence-electron chi connectivity index (χ0n) is 20.2. The van der Waals surface area contributed by atoms with E-state index in [0.29, 0.717) is 10.7 Å². The molecule has 0 spiro atoms. The van der Waals surface area contributed by atoms with Gasteiger partial charge in [0.25, 0.3) is 0 Å². The molecule has 5 nitrogen and oxygen atoms in total. The summed E-state index contributed by atoms with van der Waals surface area (Å²) >= 11 is 6.16. The SMILES string of the molecule is CN(C)c1ccc(C#Cc2ncnc(NCCc3c[nH]c4ccccc34)c2-c2ccc(Cl)cc2)cc1. The highest BCUT2D eigenvalue weighted by molar-refractivity contribution is 6.30. The second-order valence-electron chi connectivity index (χ2n) is 8.68. The van der Waals surface area contributed by atoms with Crippen LogP contribution >= 0.6 is 11.6 Å². The number of nitrogens with zero attached hydrogens (tertiary/aromatic N) is 3. The third kappa shape index (κ3) is 5.19. The van der Waals surface area contributed by atoms with Crippen LogP contribution in [0, 0.1) is 11.8 Å². The molecule has 5 aromatic rings. The lowest BCUT2D eigenvalue weighted by molar-refractivity contribution is 1.01. The summed E-state index contributed by atoms with van der Waals surface area (Å²) in [5.74, 6) is 7.27. The van der Waals surface area contributed by atoms with Gasteiger partial charge in [-0.3, -0.25) is 0 Å². The fraction of sp³-hybridized carbons (Fsp3) is 0.133. The number of para-hydroxylation sites is 1. The normalized spacial score (nSPS) is 10.6. The van der Waals surface area contributed by atoms with E-state index in [2.05, 4.69) is 73.5 Å². The molecular weight excluding hydrogens is 466 g/mol. The molecule has 0 fully saturated rings. The van der Waals surface area contributed by atoms with Gasteiger partial charge >= 0.3 is 0 Å². The Labute approximate surface area is 216 Å². The fourth-order valence-electron chi connectivity index (χ4n) is 4.13. The molecular formula is C30H26ClN5. The Morgan fingerprint density at radius 2 is 1.69 bits per heavy atom. The quantitative estimate of drug-likeness (QED) is 0.270. The van der Waals surface area contributed by atoms with Crippen LogP contribution in [0.2, 0.25) is 5.02 Å². The Bertz CT molecular complexity index is 1540. The third-order valence-electron chi connectivity index (χ3n) is 6.05. The molecule has 6 heteroatoms. The number of aromatic nitrogens is 3. The van der Waals surface area contributed by atoms with Gasteiger partial charge in [-0.25, -0.2) is 9.97 Å². The standard InChI is InChI=1S/C30H26ClN5/c1-36(2)25-14-7-21(8-15-25)9-16-28-29(22-10-12-24(31)13-11-22)30(35-20-34-28)32-18-17-23-19-33-27-6-4-3-5-26(23)27/h3-8,10-15,19-20,33H,17-18H2,1-2H3,(H,32,34,35). The first kappa shape index (κ1) is 23.5. The monoisotopic (exact) mass is 491 g/mol. The number of rotatable bonds is 6. The van der Waals surface area contributed by atoms with Crippen LogP contribution < -0.4 is 10.2 Å². The maximum atomic E-state index is 6.16. The van der Waals surface area contributed by atoms with Crippen molar-refractivity contribution in [1.82, 2.24) is 15.0 Å². The predicted octanol–water partition coefficient (Wildman–Crippen LogP) is 6.40. The van der Waals surface area contributed by atoms with Gasteiger partial charge in [0.1, 0.15) is 17.8 Å². The van der Waals surface area contributed by atoms with Crippen LogP contribution in [0.5, 0.6) is 0 Å². The van der Waals surface area contributed by atoms with Crippen molar-refractivity contribution in [3.63, 3.8) is 0 Å². The van der Waals surface area contributed by atoms with Crippen molar-refractivity contribution in [2.45, 2.75) is 6.42 Å². The minimum absolute atomic E-state index is 0.665. The summed E-state index contributed by atoms with van der Waals surface area (Å²) in [6.07, 6.45) is 4.49. The van der Waals surface area contributed by atoms with Gasteiger partial charge < -0.3 is 15.2 Å². The molecule has 0 saturated carbocycles. The van der Waals surface area contributed by atoms with Crippen molar-refractivity contribution >= 4 is 34.0 Å². The molecule has 0 aliphatic heterocycles. The first-order chi connectivity index (χ1) is 17.6. The molecule has 0 saturated heterocycles. The molecule has 2 N–H and O–H groups in total. The second-order valence-corrected chi connectivity index (χ2v) is 9.12. The molecule has 0 aliphatic rings. The zero-order chi connectivity index (χ0) is 24.9. The van der Waals surface area contributed by atoms with Crippen LogP contribution in [0.3, 0.4) is 0 Å². The Kier molecular flexibility index (Phi) is 6.88. The second kappa shape index (κ2) is 10.6. The van der Waals surface area contributed by atoms with E-state index in [0.717, 1.165) is 46.7 Å². The molecule has 0 radical (unpaired) electrons. The highest BCUT2D eigenvalue weighted by Gasteiger charge is 2.13. The van der Waals surface area contributed by atoms with Crippen LogP contribution in [0.25, 0.3) is 22.0 Å². The number of benzene rings is 3. The van der Waals surface area contributed by atoms with Crippen molar-refractivity contribution < 1.29 is 0 Å². The molecule has 0 atom stereocenters. The van der Waals surface area contributed by atoms with Crippen LogP contribution in [-0.2, 0) is 6.42 Å². The van der Waals surface area contributed by atoms with E-state index in [4.69, 9.17) is 11.6 Å². The topological polar surface area (TPSA) is 56.8 Å².